The zero-order valence-electron chi connectivity index (χ0n) is 18.6. The highest BCUT2D eigenvalue weighted by atomic mass is 32.1. The van der Waals surface area contributed by atoms with Crippen molar-refractivity contribution in [3.8, 4) is 0 Å². The Morgan fingerprint density at radius 3 is 2.88 bits per heavy atom. The molecule has 32 heavy (non-hydrogen) atoms. The zero-order chi connectivity index (χ0) is 21.7. The van der Waals surface area contributed by atoms with Crippen molar-refractivity contribution in [3.05, 3.63) is 17.5 Å². The first-order valence-corrected chi connectivity index (χ1v) is 12.3. The molecular formula is C23H29N5O3S. The summed E-state index contributed by atoms with van der Waals surface area (Å²) in [4.78, 5) is 17.8. The number of hydrogen-bond acceptors (Lipinski definition) is 9. The van der Waals surface area contributed by atoms with Crippen LogP contribution in [0.2, 0.25) is 0 Å². The van der Waals surface area contributed by atoms with Gasteiger partial charge in [0.05, 0.1) is 41.7 Å². The van der Waals surface area contributed by atoms with Crippen LogP contribution in [-0.2, 0) is 27.2 Å². The largest absolute Gasteiger partial charge is 0.378 e. The normalized spacial score (nSPS) is 23.1. The summed E-state index contributed by atoms with van der Waals surface area (Å²) in [6.07, 6.45) is 4.99. The maximum atomic E-state index is 6.23. The number of fused-ring (bicyclic) bond motifs is 5. The lowest BCUT2D eigenvalue weighted by molar-refractivity contribution is -0.0396. The van der Waals surface area contributed by atoms with Crippen LogP contribution in [0.4, 0.5) is 11.6 Å². The van der Waals surface area contributed by atoms with Crippen molar-refractivity contribution in [2.75, 3.05) is 49.7 Å². The molecular weight excluding hydrogens is 426 g/mol. The maximum Gasteiger partial charge on any atom is 0.147 e. The Kier molecular flexibility index (Phi) is 5.17. The van der Waals surface area contributed by atoms with Crippen molar-refractivity contribution in [1.29, 1.82) is 0 Å². The molecule has 3 aliphatic heterocycles. The highest BCUT2D eigenvalue weighted by Gasteiger charge is 2.33. The summed E-state index contributed by atoms with van der Waals surface area (Å²) in [5.41, 5.74) is 3.30. The summed E-state index contributed by atoms with van der Waals surface area (Å²) in [7, 11) is 0. The van der Waals surface area contributed by atoms with E-state index in [1.807, 2.05) is 0 Å². The van der Waals surface area contributed by atoms with Crippen LogP contribution < -0.4 is 10.2 Å². The lowest BCUT2D eigenvalue weighted by atomic mass is 9.90. The molecule has 0 bridgehead atoms. The molecule has 0 aromatic carbocycles. The van der Waals surface area contributed by atoms with Crippen molar-refractivity contribution in [3.63, 3.8) is 0 Å². The number of aromatic nitrogens is 3. The summed E-state index contributed by atoms with van der Waals surface area (Å²) in [6, 6.07) is 0. The highest BCUT2D eigenvalue weighted by molar-refractivity contribution is 7.26. The van der Waals surface area contributed by atoms with Gasteiger partial charge in [0.2, 0.25) is 0 Å². The van der Waals surface area contributed by atoms with E-state index in [1.165, 1.54) is 11.1 Å². The number of nitrogens with one attached hydrogen (secondary N) is 1. The molecule has 1 unspecified atom stereocenters. The molecule has 1 N–H and O–H groups in total. The third kappa shape index (κ3) is 3.61. The van der Waals surface area contributed by atoms with Crippen LogP contribution in [-0.4, -0.2) is 66.1 Å². The van der Waals surface area contributed by atoms with E-state index in [1.54, 1.807) is 17.7 Å². The van der Waals surface area contributed by atoms with Gasteiger partial charge in [0.25, 0.3) is 0 Å². The van der Waals surface area contributed by atoms with Crippen LogP contribution >= 0.6 is 11.3 Å². The van der Waals surface area contributed by atoms with Gasteiger partial charge in [0.15, 0.2) is 0 Å². The molecule has 3 aliphatic rings. The van der Waals surface area contributed by atoms with Gasteiger partial charge < -0.3 is 24.4 Å². The second kappa shape index (κ2) is 8.06. The van der Waals surface area contributed by atoms with E-state index in [-0.39, 0.29) is 11.7 Å². The maximum absolute atomic E-state index is 6.23. The number of rotatable bonds is 4. The minimum atomic E-state index is -0.217. The molecule has 0 spiro atoms. The number of thiophene rings is 1. The predicted octanol–water partition coefficient (Wildman–Crippen LogP) is 3.52. The van der Waals surface area contributed by atoms with E-state index in [2.05, 4.69) is 29.0 Å². The summed E-state index contributed by atoms with van der Waals surface area (Å²) in [5, 5.41) is 4.68. The Morgan fingerprint density at radius 1 is 1.19 bits per heavy atom. The van der Waals surface area contributed by atoms with Gasteiger partial charge in [0.1, 0.15) is 22.8 Å². The quantitative estimate of drug-likeness (QED) is 0.640. The van der Waals surface area contributed by atoms with Crippen molar-refractivity contribution in [1.82, 2.24) is 15.0 Å². The second-order valence-electron chi connectivity index (χ2n) is 9.42. The lowest BCUT2D eigenvalue weighted by Gasteiger charge is -2.36. The van der Waals surface area contributed by atoms with Gasteiger partial charge in [-0.2, -0.15) is 0 Å². The predicted molar refractivity (Wildman–Crippen MR) is 126 cm³/mol. The molecule has 0 saturated carbocycles. The van der Waals surface area contributed by atoms with Crippen LogP contribution in [0.25, 0.3) is 20.4 Å². The second-order valence-corrected chi connectivity index (χ2v) is 10.4. The minimum absolute atomic E-state index is 0.217. The first-order chi connectivity index (χ1) is 15.6. The molecule has 9 heteroatoms. The molecule has 170 valence electrons. The number of ether oxygens (including phenoxy) is 3. The van der Waals surface area contributed by atoms with Crippen LogP contribution in [0.15, 0.2) is 6.33 Å². The Labute approximate surface area is 191 Å². The summed E-state index contributed by atoms with van der Waals surface area (Å²) >= 11 is 1.68. The molecule has 1 atom stereocenters. The first-order valence-electron chi connectivity index (χ1n) is 11.5. The van der Waals surface area contributed by atoms with Crippen LogP contribution in [0.3, 0.4) is 0 Å². The molecule has 0 radical (unpaired) electrons. The van der Waals surface area contributed by atoms with E-state index in [0.29, 0.717) is 6.61 Å². The van der Waals surface area contributed by atoms with Crippen LogP contribution in [0.1, 0.15) is 37.8 Å². The topological polar surface area (TPSA) is 81.6 Å². The first kappa shape index (κ1) is 20.5. The van der Waals surface area contributed by atoms with Crippen molar-refractivity contribution >= 4 is 43.4 Å². The van der Waals surface area contributed by atoms with Gasteiger partial charge in [-0.05, 0) is 32.3 Å². The number of hydrogen-bond donors (Lipinski definition) is 1. The summed E-state index contributed by atoms with van der Waals surface area (Å²) in [6.45, 7) is 9.69. The molecule has 6 rings (SSSR count). The molecule has 3 aromatic rings. The molecule has 2 fully saturated rings. The zero-order valence-corrected chi connectivity index (χ0v) is 19.5. The number of nitrogens with zero attached hydrogens (tertiary/aromatic N) is 4. The third-order valence-corrected chi connectivity index (χ3v) is 7.72. The van der Waals surface area contributed by atoms with Gasteiger partial charge in [-0.25, -0.2) is 15.0 Å². The van der Waals surface area contributed by atoms with E-state index in [0.717, 1.165) is 90.8 Å². The SMILES string of the molecule is CC1(C)Cc2c(c(N3CCOCC3)nc3sc4c(NCC5CCCO5)ncnc4c23)CO1. The third-order valence-electron chi connectivity index (χ3n) is 6.64. The van der Waals surface area contributed by atoms with Gasteiger partial charge >= 0.3 is 0 Å². The Balaban J connectivity index is 1.49. The lowest BCUT2D eigenvalue weighted by Crippen LogP contribution is -2.39. The van der Waals surface area contributed by atoms with Crippen molar-refractivity contribution in [2.24, 2.45) is 0 Å². The fraction of sp³-hybridized carbons (Fsp3) is 0.609. The van der Waals surface area contributed by atoms with Gasteiger partial charge in [-0.3, -0.25) is 0 Å². The highest BCUT2D eigenvalue weighted by Crippen LogP contribution is 2.44. The monoisotopic (exact) mass is 455 g/mol. The van der Waals surface area contributed by atoms with Gasteiger partial charge in [-0.15, -0.1) is 11.3 Å². The van der Waals surface area contributed by atoms with Gasteiger partial charge in [-0.1, -0.05) is 0 Å². The number of pyridine rings is 1. The van der Waals surface area contributed by atoms with E-state index in [9.17, 15) is 0 Å². The van der Waals surface area contributed by atoms with E-state index in [4.69, 9.17) is 24.2 Å². The standard InChI is InChI=1S/C23H29N5O3S/c1-23(2)10-15-16(12-31-23)21(28-5-8-29-9-6-28)27-22-17(15)18-19(32-22)20(26-13-25-18)24-11-14-4-3-7-30-14/h13-14H,3-12H2,1-2H3,(H,24,25,26). The summed E-state index contributed by atoms with van der Waals surface area (Å²) in [5.74, 6) is 1.92. The van der Waals surface area contributed by atoms with Crippen LogP contribution in [0.5, 0.6) is 0 Å². The number of anilines is 2. The minimum Gasteiger partial charge on any atom is -0.378 e. The van der Waals surface area contributed by atoms with E-state index < -0.39 is 0 Å². The molecule has 0 amide bonds. The molecule has 6 heterocycles. The Morgan fingerprint density at radius 2 is 2.06 bits per heavy atom. The van der Waals surface area contributed by atoms with Gasteiger partial charge in [0, 0.05) is 43.6 Å². The van der Waals surface area contributed by atoms with E-state index >= 15 is 0 Å². The average molecular weight is 456 g/mol. The average Bonchev–Trinajstić information content (AvgIpc) is 3.45. The molecule has 3 aromatic heterocycles. The van der Waals surface area contributed by atoms with Crippen molar-refractivity contribution in [2.45, 2.75) is 51.4 Å². The number of morpholine rings is 1. The van der Waals surface area contributed by atoms with Crippen molar-refractivity contribution < 1.29 is 14.2 Å². The molecule has 8 nitrogen and oxygen atoms in total. The van der Waals surface area contributed by atoms with Crippen LogP contribution in [0, 0.1) is 0 Å². The molecule has 2 saturated heterocycles. The fourth-order valence-electron chi connectivity index (χ4n) is 4.97. The summed E-state index contributed by atoms with van der Waals surface area (Å²) < 4.78 is 18.7. The smallest absolute Gasteiger partial charge is 0.147 e. The molecule has 0 aliphatic carbocycles. The Bertz CT molecular complexity index is 1150. The fourth-order valence-corrected chi connectivity index (χ4v) is 6.09. The Hall–Kier alpha value is -2.07.